The van der Waals surface area contributed by atoms with E-state index in [0.717, 1.165) is 43.1 Å². The molecule has 2 fully saturated rings. The summed E-state index contributed by atoms with van der Waals surface area (Å²) in [7, 11) is 0. The van der Waals surface area contributed by atoms with Crippen molar-refractivity contribution in [2.75, 3.05) is 31.1 Å². The van der Waals surface area contributed by atoms with Crippen molar-refractivity contribution in [2.45, 2.75) is 18.9 Å². The van der Waals surface area contributed by atoms with Crippen molar-refractivity contribution in [3.05, 3.63) is 48.0 Å². The highest BCUT2D eigenvalue weighted by molar-refractivity contribution is 5.97. The van der Waals surface area contributed by atoms with Gasteiger partial charge in [0.15, 0.2) is 5.65 Å². The van der Waals surface area contributed by atoms with E-state index >= 15 is 0 Å². The van der Waals surface area contributed by atoms with Crippen LogP contribution in [0.1, 0.15) is 30.1 Å². The van der Waals surface area contributed by atoms with Crippen LogP contribution in [0.15, 0.2) is 36.8 Å². The average Bonchev–Trinajstić information content (AvgIpc) is 3.49. The lowest BCUT2D eigenvalue weighted by Crippen LogP contribution is -2.43. The Labute approximate surface area is 164 Å². The van der Waals surface area contributed by atoms with Crippen LogP contribution in [0.3, 0.4) is 0 Å². The number of hydrogen-bond donors (Lipinski definition) is 1. The van der Waals surface area contributed by atoms with Gasteiger partial charge in [-0.3, -0.25) is 4.98 Å². The van der Waals surface area contributed by atoms with E-state index < -0.39 is 0 Å². The first kappa shape index (κ1) is 17.9. The van der Waals surface area contributed by atoms with Gasteiger partial charge in [-0.1, -0.05) is 12.1 Å². The van der Waals surface area contributed by atoms with E-state index in [-0.39, 0.29) is 12.4 Å². The van der Waals surface area contributed by atoms with Gasteiger partial charge in [-0.2, -0.15) is 5.10 Å². The molecule has 1 aliphatic heterocycles. The molecule has 5 rings (SSSR count). The first-order chi connectivity index (χ1) is 12.9. The summed E-state index contributed by atoms with van der Waals surface area (Å²) < 4.78 is 2.13. The van der Waals surface area contributed by atoms with Crippen LogP contribution in [0.4, 0.5) is 5.69 Å². The molecule has 27 heavy (non-hydrogen) atoms. The van der Waals surface area contributed by atoms with Crippen molar-refractivity contribution >= 4 is 41.3 Å². The van der Waals surface area contributed by atoms with Gasteiger partial charge in [0.05, 0.1) is 22.8 Å². The molecule has 6 nitrogen and oxygen atoms in total. The van der Waals surface area contributed by atoms with Crippen LogP contribution in [0.5, 0.6) is 0 Å². The van der Waals surface area contributed by atoms with Crippen molar-refractivity contribution in [1.29, 1.82) is 0 Å². The molecule has 0 unspecified atom stereocenters. The van der Waals surface area contributed by atoms with E-state index in [9.17, 15) is 0 Å². The van der Waals surface area contributed by atoms with Crippen molar-refractivity contribution < 1.29 is 0 Å². The van der Waals surface area contributed by atoms with Crippen LogP contribution < -0.4 is 10.2 Å². The minimum atomic E-state index is 0. The predicted molar refractivity (Wildman–Crippen MR) is 111 cm³/mol. The summed E-state index contributed by atoms with van der Waals surface area (Å²) >= 11 is 0. The van der Waals surface area contributed by atoms with E-state index in [0.29, 0.717) is 6.04 Å². The van der Waals surface area contributed by atoms with E-state index in [2.05, 4.69) is 49.2 Å². The molecule has 3 aromatic heterocycles. The van der Waals surface area contributed by atoms with E-state index in [4.69, 9.17) is 5.10 Å². The monoisotopic (exact) mass is 382 g/mol. The first-order valence-corrected chi connectivity index (χ1v) is 9.31. The summed E-state index contributed by atoms with van der Waals surface area (Å²) in [6, 6.07) is 6.64. The number of halogens is 1. The summed E-state index contributed by atoms with van der Waals surface area (Å²) in [5.41, 5.74) is 4.33. The third-order valence-electron chi connectivity index (χ3n) is 5.07. The Morgan fingerprint density at radius 1 is 1.07 bits per heavy atom. The zero-order valence-electron chi connectivity index (χ0n) is 15.1. The Morgan fingerprint density at radius 3 is 2.67 bits per heavy atom. The molecule has 3 aromatic rings. The maximum atomic E-state index is 4.93. The molecule has 0 atom stereocenters. The maximum absolute atomic E-state index is 4.93. The third-order valence-corrected chi connectivity index (χ3v) is 5.07. The number of pyridine rings is 2. The van der Waals surface area contributed by atoms with Crippen LogP contribution in [-0.2, 0) is 0 Å². The summed E-state index contributed by atoms with van der Waals surface area (Å²) in [4.78, 5) is 11.3. The second-order valence-electron chi connectivity index (χ2n) is 6.95. The Bertz CT molecular complexity index is 942. The molecule has 0 radical (unpaired) electrons. The third kappa shape index (κ3) is 3.55. The maximum Gasteiger partial charge on any atom is 0.160 e. The van der Waals surface area contributed by atoms with Crippen LogP contribution in [-0.4, -0.2) is 45.9 Å². The highest BCUT2D eigenvalue weighted by atomic mass is 35.5. The highest BCUT2D eigenvalue weighted by Gasteiger charge is 2.29. The van der Waals surface area contributed by atoms with Gasteiger partial charge in [0, 0.05) is 44.8 Å². The predicted octanol–water partition coefficient (Wildman–Crippen LogP) is 3.16. The number of piperazine rings is 1. The fourth-order valence-electron chi connectivity index (χ4n) is 3.58. The second kappa shape index (κ2) is 7.66. The van der Waals surface area contributed by atoms with E-state index in [1.807, 2.05) is 18.5 Å². The number of hydrogen-bond acceptors (Lipinski definition) is 5. The molecule has 140 valence electrons. The van der Waals surface area contributed by atoms with Gasteiger partial charge in [-0.25, -0.2) is 9.67 Å². The molecule has 1 saturated heterocycles. The Kier molecular flexibility index (Phi) is 5.09. The van der Waals surface area contributed by atoms with Crippen LogP contribution >= 0.6 is 12.4 Å². The number of aromatic nitrogens is 4. The van der Waals surface area contributed by atoms with Crippen LogP contribution in [0.25, 0.3) is 23.2 Å². The van der Waals surface area contributed by atoms with Gasteiger partial charge < -0.3 is 10.2 Å². The Hall–Kier alpha value is -2.44. The molecule has 7 heteroatoms. The fraction of sp³-hybridized carbons (Fsp3) is 0.350. The zero-order chi connectivity index (χ0) is 17.3. The fourth-order valence-corrected chi connectivity index (χ4v) is 3.58. The van der Waals surface area contributed by atoms with Gasteiger partial charge in [-0.05, 0) is 36.6 Å². The molecule has 0 amide bonds. The van der Waals surface area contributed by atoms with E-state index in [1.165, 1.54) is 23.9 Å². The number of nitrogens with zero attached hydrogens (tertiary/aromatic N) is 5. The molecular formula is C20H23ClN6. The Balaban J connectivity index is 0.00000180. The molecule has 0 spiro atoms. The van der Waals surface area contributed by atoms with E-state index in [1.54, 1.807) is 6.20 Å². The molecule has 0 aromatic carbocycles. The summed E-state index contributed by atoms with van der Waals surface area (Å²) in [5.74, 6) is 0. The number of nitrogens with one attached hydrogen (secondary N) is 1. The number of anilines is 1. The van der Waals surface area contributed by atoms with Gasteiger partial charge >= 0.3 is 0 Å². The summed E-state index contributed by atoms with van der Waals surface area (Å²) in [6.45, 7) is 4.06. The molecule has 4 heterocycles. The number of fused-ring (bicyclic) bond motifs is 1. The SMILES string of the molecule is C(=Cc1nn(C2CC2)c2nccc(N3CCNCC3)c12)c1cccnc1.Cl. The normalized spacial score (nSPS) is 17.4. The van der Waals surface area contributed by atoms with Crippen molar-refractivity contribution in [2.24, 2.45) is 0 Å². The molecular weight excluding hydrogens is 360 g/mol. The van der Waals surface area contributed by atoms with Crippen LogP contribution in [0, 0.1) is 0 Å². The zero-order valence-corrected chi connectivity index (χ0v) is 15.9. The molecule has 1 saturated carbocycles. The average molecular weight is 383 g/mol. The second-order valence-corrected chi connectivity index (χ2v) is 6.95. The molecule has 1 aliphatic carbocycles. The van der Waals surface area contributed by atoms with Crippen molar-refractivity contribution in [3.8, 4) is 0 Å². The van der Waals surface area contributed by atoms with Gasteiger partial charge in [-0.15, -0.1) is 12.4 Å². The van der Waals surface area contributed by atoms with Crippen molar-refractivity contribution in [3.63, 3.8) is 0 Å². The largest absolute Gasteiger partial charge is 0.368 e. The molecule has 1 N–H and O–H groups in total. The first-order valence-electron chi connectivity index (χ1n) is 9.31. The van der Waals surface area contributed by atoms with Gasteiger partial charge in [0.2, 0.25) is 0 Å². The summed E-state index contributed by atoms with van der Waals surface area (Å²) in [6.07, 6.45) is 12.2. The number of rotatable bonds is 4. The standard InChI is InChI=1S/C20H22N6.ClH/c1-2-15(14-22-8-1)3-6-17-19-18(25-12-10-21-11-13-25)7-9-23-20(19)26(24-17)16-4-5-16;/h1-3,6-9,14,16,21H,4-5,10-13H2;1H. The smallest absolute Gasteiger partial charge is 0.160 e. The minimum Gasteiger partial charge on any atom is -0.368 e. The molecule has 2 aliphatic rings. The van der Waals surface area contributed by atoms with Gasteiger partial charge in [0.1, 0.15) is 0 Å². The Morgan fingerprint density at radius 2 is 1.93 bits per heavy atom. The van der Waals surface area contributed by atoms with Crippen molar-refractivity contribution in [1.82, 2.24) is 25.1 Å². The quantitative estimate of drug-likeness (QED) is 0.751. The highest BCUT2D eigenvalue weighted by Crippen LogP contribution is 2.39. The lowest BCUT2D eigenvalue weighted by molar-refractivity contribution is 0.590. The van der Waals surface area contributed by atoms with Crippen LogP contribution in [0.2, 0.25) is 0 Å². The molecule has 0 bridgehead atoms. The topological polar surface area (TPSA) is 58.9 Å². The minimum absolute atomic E-state index is 0. The lowest BCUT2D eigenvalue weighted by atomic mass is 10.1. The summed E-state index contributed by atoms with van der Waals surface area (Å²) in [5, 5.41) is 9.52. The van der Waals surface area contributed by atoms with Gasteiger partial charge in [0.25, 0.3) is 0 Å². The lowest BCUT2D eigenvalue weighted by Gasteiger charge is -2.29.